The molecule has 0 unspecified atom stereocenters. The highest BCUT2D eigenvalue weighted by Gasteiger charge is 2.46. The van der Waals surface area contributed by atoms with Gasteiger partial charge in [-0.1, -0.05) is 32.9 Å². The van der Waals surface area contributed by atoms with E-state index in [-0.39, 0.29) is 29.3 Å². The van der Waals surface area contributed by atoms with Crippen LogP contribution in [-0.4, -0.2) is 84.7 Å². The van der Waals surface area contributed by atoms with Crippen LogP contribution in [0.4, 0.5) is 16.3 Å². The monoisotopic (exact) mass is 524 g/mol. The van der Waals surface area contributed by atoms with Gasteiger partial charge in [0, 0.05) is 24.3 Å². The number of urea groups is 1. The highest BCUT2D eigenvalue weighted by Crippen LogP contribution is 2.34. The lowest BCUT2D eigenvalue weighted by atomic mass is 9.85. The van der Waals surface area contributed by atoms with Crippen molar-refractivity contribution in [3.8, 4) is 0 Å². The highest BCUT2D eigenvalue weighted by atomic mass is 16.6. The summed E-state index contributed by atoms with van der Waals surface area (Å²) in [4.78, 5) is 26.9. The van der Waals surface area contributed by atoms with Gasteiger partial charge >= 0.3 is 6.03 Å². The van der Waals surface area contributed by atoms with Crippen molar-refractivity contribution < 1.29 is 19.7 Å². The van der Waals surface area contributed by atoms with Gasteiger partial charge in [0.05, 0.1) is 6.33 Å². The number of fused-ring (bicyclic) bond motifs is 1. The number of imidazole rings is 1. The molecule has 4 atom stereocenters. The van der Waals surface area contributed by atoms with Crippen LogP contribution in [0.3, 0.4) is 0 Å². The van der Waals surface area contributed by atoms with Gasteiger partial charge in [-0.2, -0.15) is 0 Å². The average Bonchev–Trinajstić information content (AvgIpc) is 3.38. The smallest absolute Gasteiger partial charge is 0.319 e. The van der Waals surface area contributed by atoms with Crippen molar-refractivity contribution in [2.45, 2.75) is 75.7 Å². The van der Waals surface area contributed by atoms with E-state index >= 15 is 0 Å². The van der Waals surface area contributed by atoms with Crippen molar-refractivity contribution in [3.05, 3.63) is 42.5 Å². The Balaban J connectivity index is 1.10. The molecule has 2 aliphatic rings. The van der Waals surface area contributed by atoms with Gasteiger partial charge in [-0.25, -0.2) is 19.7 Å². The summed E-state index contributed by atoms with van der Waals surface area (Å²) in [5.41, 5.74) is 8.73. The van der Waals surface area contributed by atoms with Crippen molar-refractivity contribution in [2.75, 3.05) is 24.6 Å². The van der Waals surface area contributed by atoms with Crippen LogP contribution in [0.25, 0.3) is 11.2 Å². The number of benzene rings is 1. The zero-order valence-electron chi connectivity index (χ0n) is 22.1. The van der Waals surface area contributed by atoms with Gasteiger partial charge in [-0.15, -0.1) is 0 Å². The lowest BCUT2D eigenvalue weighted by Crippen LogP contribution is -2.55. The van der Waals surface area contributed by atoms with Crippen LogP contribution in [0, 0.1) is 0 Å². The zero-order chi connectivity index (χ0) is 27.2. The Morgan fingerprint density at radius 2 is 1.87 bits per heavy atom. The van der Waals surface area contributed by atoms with Gasteiger partial charge in [-0.05, 0) is 43.0 Å². The minimum absolute atomic E-state index is 0.0592. The molecule has 0 radical (unpaired) electrons. The molecular weight excluding hydrogens is 488 g/mol. The van der Waals surface area contributed by atoms with E-state index in [2.05, 4.69) is 51.3 Å². The third-order valence-electron chi connectivity index (χ3n) is 7.55. The topological polar surface area (TPSA) is 164 Å². The van der Waals surface area contributed by atoms with Crippen LogP contribution in [0.2, 0.25) is 0 Å². The normalized spacial score (nSPS) is 27.4. The van der Waals surface area contributed by atoms with Crippen LogP contribution >= 0.6 is 0 Å². The Morgan fingerprint density at radius 1 is 1.16 bits per heavy atom. The maximum atomic E-state index is 12.5. The second-order valence-corrected chi connectivity index (χ2v) is 11.3. The number of nitrogens with zero attached hydrogens (tertiary/aromatic N) is 5. The van der Waals surface area contributed by atoms with Gasteiger partial charge in [0.15, 0.2) is 17.7 Å². The van der Waals surface area contributed by atoms with Gasteiger partial charge in [-0.3, -0.25) is 4.57 Å². The van der Waals surface area contributed by atoms with Crippen LogP contribution in [0.15, 0.2) is 36.9 Å². The number of nitrogens with two attached hydrogens (primary N) is 1. The molecule has 12 nitrogen and oxygen atoms in total. The zero-order valence-corrected chi connectivity index (χ0v) is 22.1. The second kappa shape index (κ2) is 10.1. The summed E-state index contributed by atoms with van der Waals surface area (Å²) in [7, 11) is 1.95. The number of nitrogens with one attached hydrogen (secondary N) is 2. The molecule has 3 aromatic rings. The summed E-state index contributed by atoms with van der Waals surface area (Å²) in [5, 5.41) is 27.3. The summed E-state index contributed by atoms with van der Waals surface area (Å²) < 4.78 is 7.62. The molecule has 2 aromatic heterocycles. The van der Waals surface area contributed by atoms with Crippen LogP contribution in [0.1, 0.15) is 45.4 Å². The van der Waals surface area contributed by atoms with Crippen molar-refractivity contribution >= 4 is 28.7 Å². The SMILES string of the molecule is CN(C[C@H]1O[C@@H](n2cnc3c(N)ncnc32)[C@H](O)[C@H]1O)C1CC(NC(=O)Nc2ccc(C(C)(C)C)cc2)C1. The molecule has 2 amide bonds. The average molecular weight is 525 g/mol. The first-order valence-electron chi connectivity index (χ1n) is 12.8. The van der Waals surface area contributed by atoms with E-state index in [9.17, 15) is 15.0 Å². The second-order valence-electron chi connectivity index (χ2n) is 11.3. The van der Waals surface area contributed by atoms with E-state index in [0.29, 0.717) is 17.7 Å². The molecule has 1 saturated heterocycles. The van der Waals surface area contributed by atoms with Crippen LogP contribution < -0.4 is 16.4 Å². The number of ether oxygens (including phenoxy) is 1. The number of hydrogen-bond donors (Lipinski definition) is 5. The number of hydrogen-bond acceptors (Lipinski definition) is 9. The molecule has 0 bridgehead atoms. The largest absolute Gasteiger partial charge is 0.387 e. The van der Waals surface area contributed by atoms with Gasteiger partial charge in [0.25, 0.3) is 0 Å². The molecule has 0 spiro atoms. The van der Waals surface area contributed by atoms with Gasteiger partial charge in [0.2, 0.25) is 0 Å². The quantitative estimate of drug-likeness (QED) is 0.322. The van der Waals surface area contributed by atoms with E-state index in [1.54, 1.807) is 4.57 Å². The van der Waals surface area contributed by atoms with Crippen molar-refractivity contribution in [2.24, 2.45) is 0 Å². The predicted octanol–water partition coefficient (Wildman–Crippen LogP) is 1.61. The first-order chi connectivity index (χ1) is 18.0. The fourth-order valence-corrected chi connectivity index (χ4v) is 5.07. The number of aliphatic hydroxyl groups is 2. The minimum atomic E-state index is -1.15. The van der Waals surface area contributed by atoms with E-state index in [4.69, 9.17) is 10.5 Å². The first-order valence-corrected chi connectivity index (χ1v) is 12.8. The Kier molecular flexibility index (Phi) is 6.99. The number of anilines is 2. The minimum Gasteiger partial charge on any atom is -0.387 e. The third kappa shape index (κ3) is 5.17. The fourth-order valence-electron chi connectivity index (χ4n) is 5.07. The maximum Gasteiger partial charge on any atom is 0.319 e. The summed E-state index contributed by atoms with van der Waals surface area (Å²) in [6.45, 7) is 6.88. The van der Waals surface area contributed by atoms with Gasteiger partial charge < -0.3 is 36.2 Å². The van der Waals surface area contributed by atoms with E-state index in [1.165, 1.54) is 18.2 Å². The Bertz CT molecular complexity index is 1280. The van der Waals surface area contributed by atoms with Gasteiger partial charge in [0.1, 0.15) is 30.2 Å². The van der Waals surface area contributed by atoms with E-state index in [1.807, 2.05) is 31.3 Å². The number of carbonyl (C=O) groups is 1. The number of nitrogen functional groups attached to an aromatic ring is 1. The van der Waals surface area contributed by atoms with E-state index < -0.39 is 24.5 Å². The molecule has 1 saturated carbocycles. The third-order valence-corrected chi connectivity index (χ3v) is 7.55. The molecule has 2 fully saturated rings. The summed E-state index contributed by atoms with van der Waals surface area (Å²) in [6.07, 6.45) is 0.677. The van der Waals surface area contributed by atoms with Crippen molar-refractivity contribution in [3.63, 3.8) is 0 Å². The molecule has 204 valence electrons. The lowest BCUT2D eigenvalue weighted by molar-refractivity contribution is -0.0494. The van der Waals surface area contributed by atoms with Crippen LogP contribution in [0.5, 0.6) is 0 Å². The molecule has 6 N–H and O–H groups in total. The highest BCUT2D eigenvalue weighted by molar-refractivity contribution is 5.89. The number of aliphatic hydroxyl groups excluding tert-OH is 2. The summed E-state index contributed by atoms with van der Waals surface area (Å²) in [5.74, 6) is 0.235. The molecular formula is C26H36N8O4. The Hall–Kier alpha value is -3.32. The Labute approximate surface area is 221 Å². The number of rotatable bonds is 6. The molecule has 1 aliphatic heterocycles. The summed E-state index contributed by atoms with van der Waals surface area (Å²) >= 11 is 0. The van der Waals surface area contributed by atoms with Crippen molar-refractivity contribution in [1.82, 2.24) is 29.7 Å². The molecule has 5 rings (SSSR count). The number of aromatic nitrogens is 4. The van der Waals surface area contributed by atoms with E-state index in [0.717, 1.165) is 18.5 Å². The molecule has 1 aromatic carbocycles. The lowest BCUT2D eigenvalue weighted by Gasteiger charge is -2.42. The predicted molar refractivity (Wildman–Crippen MR) is 142 cm³/mol. The number of amides is 2. The molecule has 1 aliphatic carbocycles. The molecule has 3 heterocycles. The first kappa shape index (κ1) is 26.3. The Morgan fingerprint density at radius 3 is 2.55 bits per heavy atom. The number of carbonyl (C=O) groups excluding carboxylic acids is 1. The van der Waals surface area contributed by atoms with Crippen molar-refractivity contribution in [1.29, 1.82) is 0 Å². The standard InChI is InChI=1S/C26H36N8O4/c1-26(2,3)14-5-7-15(8-6-14)31-25(37)32-16-9-17(10-16)33(4)11-18-20(35)21(36)24(38-18)34-13-30-19-22(27)28-12-29-23(19)34/h5-8,12-13,16-18,20-21,24,35-36H,9-11H2,1-4H3,(H2,27,28,29)(H2,31,32,37)/t16?,17?,18-,20+,21-,24-/m1/s1. The summed E-state index contributed by atoms with van der Waals surface area (Å²) in [6, 6.07) is 7.96. The fraction of sp³-hybridized carbons (Fsp3) is 0.538. The molecule has 12 heteroatoms. The maximum absolute atomic E-state index is 12.5. The number of likely N-dealkylation sites (N-methyl/N-ethyl adjacent to an activating group) is 1. The molecule has 38 heavy (non-hydrogen) atoms. The van der Waals surface area contributed by atoms with Crippen LogP contribution in [-0.2, 0) is 10.2 Å².